The Morgan fingerprint density at radius 1 is 1.42 bits per heavy atom. The van der Waals surface area contributed by atoms with E-state index in [4.69, 9.17) is 9.57 Å². The van der Waals surface area contributed by atoms with Crippen molar-refractivity contribution < 1.29 is 14.4 Å². The lowest BCUT2D eigenvalue weighted by Crippen LogP contribution is -2.37. The molecular weight excluding hydrogens is 244 g/mol. The van der Waals surface area contributed by atoms with Gasteiger partial charge in [0.25, 0.3) is 5.91 Å². The number of hydroxylamine groups is 2. The first kappa shape index (κ1) is 12.4. The van der Waals surface area contributed by atoms with Gasteiger partial charge in [0, 0.05) is 12.1 Å². The van der Waals surface area contributed by atoms with Crippen LogP contribution < -0.4 is 10.1 Å². The van der Waals surface area contributed by atoms with E-state index in [1.54, 1.807) is 0 Å². The normalized spacial score (nSPS) is 22.5. The zero-order chi connectivity index (χ0) is 13.2. The minimum absolute atomic E-state index is 0.0802. The average molecular weight is 262 g/mol. The number of amides is 1. The van der Waals surface area contributed by atoms with E-state index in [9.17, 15) is 4.79 Å². The number of nitrogens with zero attached hydrogens (tertiary/aromatic N) is 1. The van der Waals surface area contributed by atoms with Crippen LogP contribution in [0.2, 0.25) is 0 Å². The zero-order valence-corrected chi connectivity index (χ0v) is 11.0. The van der Waals surface area contributed by atoms with Crippen molar-refractivity contribution in [3.8, 4) is 5.75 Å². The summed E-state index contributed by atoms with van der Waals surface area (Å²) in [6.07, 6.45) is 2.45. The van der Waals surface area contributed by atoms with E-state index in [1.165, 1.54) is 12.2 Å². The summed E-state index contributed by atoms with van der Waals surface area (Å²) in [6, 6.07) is 5.63. The van der Waals surface area contributed by atoms with Crippen molar-refractivity contribution in [2.75, 3.05) is 20.2 Å². The predicted octanol–water partition coefficient (Wildman–Crippen LogP) is 1.33. The maximum Gasteiger partial charge on any atom is 0.278 e. The van der Waals surface area contributed by atoms with Crippen LogP contribution in [0.5, 0.6) is 5.75 Å². The van der Waals surface area contributed by atoms with E-state index in [1.807, 2.05) is 18.2 Å². The van der Waals surface area contributed by atoms with Crippen molar-refractivity contribution in [1.82, 2.24) is 10.4 Å². The lowest BCUT2D eigenvalue weighted by atomic mass is 10.1. The monoisotopic (exact) mass is 262 g/mol. The molecule has 1 saturated heterocycles. The van der Waals surface area contributed by atoms with Crippen molar-refractivity contribution >= 4 is 5.91 Å². The summed E-state index contributed by atoms with van der Waals surface area (Å²) >= 11 is 0. The maximum absolute atomic E-state index is 11.9. The molecule has 0 aromatic heterocycles. The summed E-state index contributed by atoms with van der Waals surface area (Å²) in [5, 5.41) is 4.68. The van der Waals surface area contributed by atoms with E-state index in [-0.39, 0.29) is 12.0 Å². The molecule has 1 aromatic carbocycles. The molecule has 1 aromatic rings. The molecule has 0 saturated carbocycles. The standard InChI is InChI=1S/C14H18N2O3/c1-18-16-9-10-7-11(4-5-13(10)14(16)17)19-12-3-2-6-15-8-12/h4-5,7,12,15H,2-3,6,8-9H2,1H3/t12-/m1/s1. The van der Waals surface area contributed by atoms with Gasteiger partial charge < -0.3 is 10.1 Å². The summed E-state index contributed by atoms with van der Waals surface area (Å²) in [4.78, 5) is 16.9. The quantitative estimate of drug-likeness (QED) is 0.893. The first-order valence-electron chi connectivity index (χ1n) is 6.64. The Kier molecular flexibility index (Phi) is 3.40. The average Bonchev–Trinajstić information content (AvgIpc) is 2.76. The summed E-state index contributed by atoms with van der Waals surface area (Å²) in [5.74, 6) is 0.751. The number of carbonyl (C=O) groups excluding carboxylic acids is 1. The Labute approximate surface area is 112 Å². The summed E-state index contributed by atoms with van der Waals surface area (Å²) < 4.78 is 5.95. The van der Waals surface area contributed by atoms with E-state index in [2.05, 4.69) is 5.32 Å². The molecule has 2 heterocycles. The largest absolute Gasteiger partial charge is 0.489 e. The van der Waals surface area contributed by atoms with Gasteiger partial charge in [-0.3, -0.25) is 9.63 Å². The fraction of sp³-hybridized carbons (Fsp3) is 0.500. The molecular formula is C14H18N2O3. The van der Waals surface area contributed by atoms with Gasteiger partial charge in [-0.1, -0.05) is 0 Å². The molecule has 2 aliphatic heterocycles. The second-order valence-electron chi connectivity index (χ2n) is 4.93. The number of hydrogen-bond donors (Lipinski definition) is 1. The molecule has 1 N–H and O–H groups in total. The fourth-order valence-corrected chi connectivity index (χ4v) is 2.60. The number of ether oxygens (including phenoxy) is 1. The molecule has 102 valence electrons. The van der Waals surface area contributed by atoms with E-state index in [0.29, 0.717) is 12.1 Å². The van der Waals surface area contributed by atoms with E-state index < -0.39 is 0 Å². The first-order valence-corrected chi connectivity index (χ1v) is 6.64. The first-order chi connectivity index (χ1) is 9.28. The van der Waals surface area contributed by atoms with Gasteiger partial charge in [0.15, 0.2) is 0 Å². The molecule has 5 nitrogen and oxygen atoms in total. The third-order valence-electron chi connectivity index (χ3n) is 3.62. The Morgan fingerprint density at radius 2 is 2.32 bits per heavy atom. The van der Waals surface area contributed by atoms with Gasteiger partial charge in [-0.2, -0.15) is 0 Å². The third-order valence-corrected chi connectivity index (χ3v) is 3.62. The second-order valence-corrected chi connectivity index (χ2v) is 4.93. The number of carbonyl (C=O) groups is 1. The van der Waals surface area contributed by atoms with Gasteiger partial charge in [0.2, 0.25) is 0 Å². The Morgan fingerprint density at radius 3 is 3.05 bits per heavy atom. The number of rotatable bonds is 3. The van der Waals surface area contributed by atoms with Gasteiger partial charge >= 0.3 is 0 Å². The van der Waals surface area contributed by atoms with Crippen LogP contribution in [0.1, 0.15) is 28.8 Å². The molecule has 0 radical (unpaired) electrons. The minimum Gasteiger partial charge on any atom is -0.489 e. The predicted molar refractivity (Wildman–Crippen MR) is 69.8 cm³/mol. The van der Waals surface area contributed by atoms with Crippen molar-refractivity contribution in [3.63, 3.8) is 0 Å². The van der Waals surface area contributed by atoms with Crippen LogP contribution in [-0.2, 0) is 11.4 Å². The highest BCUT2D eigenvalue weighted by Crippen LogP contribution is 2.27. The van der Waals surface area contributed by atoms with Crippen LogP contribution in [0.25, 0.3) is 0 Å². The van der Waals surface area contributed by atoms with Crippen molar-refractivity contribution in [2.24, 2.45) is 0 Å². The smallest absolute Gasteiger partial charge is 0.278 e. The molecule has 0 bridgehead atoms. The number of piperidine rings is 1. The molecule has 0 aliphatic carbocycles. The highest BCUT2D eigenvalue weighted by Gasteiger charge is 2.28. The van der Waals surface area contributed by atoms with Gasteiger partial charge in [-0.25, -0.2) is 5.06 Å². The van der Waals surface area contributed by atoms with Gasteiger partial charge in [0.1, 0.15) is 11.9 Å². The molecule has 1 amide bonds. The van der Waals surface area contributed by atoms with E-state index >= 15 is 0 Å². The number of hydrogen-bond acceptors (Lipinski definition) is 4. The van der Waals surface area contributed by atoms with Crippen LogP contribution in [0.15, 0.2) is 18.2 Å². The SMILES string of the molecule is CON1Cc2cc(O[C@@H]3CCCNC3)ccc2C1=O. The Bertz CT molecular complexity index is 484. The highest BCUT2D eigenvalue weighted by molar-refractivity contribution is 5.97. The summed E-state index contributed by atoms with van der Waals surface area (Å²) in [5.41, 5.74) is 1.67. The Hall–Kier alpha value is -1.59. The van der Waals surface area contributed by atoms with Gasteiger partial charge in [0.05, 0.1) is 13.7 Å². The second kappa shape index (κ2) is 5.19. The van der Waals surface area contributed by atoms with Crippen LogP contribution in [0, 0.1) is 0 Å². The minimum atomic E-state index is -0.0802. The van der Waals surface area contributed by atoms with Crippen molar-refractivity contribution in [1.29, 1.82) is 0 Å². The van der Waals surface area contributed by atoms with E-state index in [0.717, 1.165) is 37.2 Å². The highest BCUT2D eigenvalue weighted by atomic mass is 16.7. The van der Waals surface area contributed by atoms with Crippen LogP contribution in [0.4, 0.5) is 0 Å². The lowest BCUT2D eigenvalue weighted by molar-refractivity contribution is -0.0957. The number of fused-ring (bicyclic) bond motifs is 1. The summed E-state index contributed by atoms with van der Waals surface area (Å²) in [6.45, 7) is 2.45. The maximum atomic E-state index is 11.9. The molecule has 0 unspecified atom stereocenters. The topological polar surface area (TPSA) is 50.8 Å². The molecule has 2 aliphatic rings. The Balaban J connectivity index is 1.74. The molecule has 0 spiro atoms. The van der Waals surface area contributed by atoms with Gasteiger partial charge in [-0.05, 0) is 43.1 Å². The summed E-state index contributed by atoms with van der Waals surface area (Å²) in [7, 11) is 1.51. The molecule has 5 heteroatoms. The molecule has 1 atom stereocenters. The zero-order valence-electron chi connectivity index (χ0n) is 11.0. The lowest BCUT2D eigenvalue weighted by Gasteiger charge is -2.24. The van der Waals surface area contributed by atoms with Gasteiger partial charge in [-0.15, -0.1) is 0 Å². The third kappa shape index (κ3) is 2.43. The molecule has 19 heavy (non-hydrogen) atoms. The number of nitrogens with one attached hydrogen (secondary N) is 1. The molecule has 3 rings (SSSR count). The van der Waals surface area contributed by atoms with Crippen molar-refractivity contribution in [3.05, 3.63) is 29.3 Å². The van der Waals surface area contributed by atoms with Crippen LogP contribution in [-0.4, -0.2) is 37.3 Å². The number of benzene rings is 1. The van der Waals surface area contributed by atoms with Crippen LogP contribution in [0.3, 0.4) is 0 Å². The van der Waals surface area contributed by atoms with Crippen molar-refractivity contribution in [2.45, 2.75) is 25.5 Å². The van der Waals surface area contributed by atoms with Crippen LogP contribution >= 0.6 is 0 Å². The fourth-order valence-electron chi connectivity index (χ4n) is 2.60. The molecule has 1 fully saturated rings.